The standard InChI is InChI=1S/C20H24N2O4S/c23-20(14-26-19-6-5-16-3-1-2-4-17(16)13-19)22-10-8-21(9-11-22)18-7-12-27(24,25)15-18/h1-6,13,18H,7-12,14-15H2/t18-/m1/s1. The number of carbonyl (C=O) groups is 1. The molecule has 1 amide bonds. The van der Waals surface area contributed by atoms with E-state index < -0.39 is 9.84 Å². The zero-order chi connectivity index (χ0) is 18.9. The largest absolute Gasteiger partial charge is 0.484 e. The Morgan fingerprint density at radius 2 is 1.78 bits per heavy atom. The van der Waals surface area contributed by atoms with E-state index in [4.69, 9.17) is 4.74 Å². The molecule has 0 aromatic heterocycles. The molecule has 27 heavy (non-hydrogen) atoms. The minimum absolute atomic E-state index is 0.0240. The second-order valence-electron chi connectivity index (χ2n) is 7.27. The lowest BCUT2D eigenvalue weighted by atomic mass is 10.1. The molecule has 2 saturated heterocycles. The highest BCUT2D eigenvalue weighted by atomic mass is 32.2. The number of fused-ring (bicyclic) bond motifs is 1. The lowest BCUT2D eigenvalue weighted by molar-refractivity contribution is -0.135. The van der Waals surface area contributed by atoms with E-state index in [2.05, 4.69) is 4.90 Å². The topological polar surface area (TPSA) is 66.9 Å². The van der Waals surface area contributed by atoms with Crippen molar-refractivity contribution in [3.63, 3.8) is 0 Å². The van der Waals surface area contributed by atoms with E-state index in [1.54, 1.807) is 4.90 Å². The first kappa shape index (κ1) is 18.3. The maximum absolute atomic E-state index is 12.5. The Hall–Kier alpha value is -2.12. The summed E-state index contributed by atoms with van der Waals surface area (Å²) in [5.41, 5.74) is 0. The number of sulfone groups is 1. The molecule has 1 atom stereocenters. The fourth-order valence-electron chi connectivity index (χ4n) is 3.89. The monoisotopic (exact) mass is 388 g/mol. The van der Waals surface area contributed by atoms with E-state index in [1.807, 2.05) is 42.5 Å². The van der Waals surface area contributed by atoms with Crippen molar-refractivity contribution in [1.29, 1.82) is 0 Å². The minimum atomic E-state index is -2.87. The van der Waals surface area contributed by atoms with Crippen LogP contribution in [0.1, 0.15) is 6.42 Å². The number of hydrogen-bond acceptors (Lipinski definition) is 5. The van der Waals surface area contributed by atoms with E-state index in [0.717, 1.165) is 23.9 Å². The van der Waals surface area contributed by atoms with Crippen LogP contribution in [0, 0.1) is 0 Å². The van der Waals surface area contributed by atoms with Crippen molar-refractivity contribution in [1.82, 2.24) is 9.80 Å². The van der Waals surface area contributed by atoms with Gasteiger partial charge in [-0.2, -0.15) is 0 Å². The summed E-state index contributed by atoms with van der Waals surface area (Å²) in [5, 5.41) is 2.23. The first-order valence-electron chi connectivity index (χ1n) is 9.34. The number of carbonyl (C=O) groups excluding carboxylic acids is 1. The molecule has 7 heteroatoms. The molecule has 0 radical (unpaired) electrons. The molecule has 2 aliphatic heterocycles. The number of benzene rings is 2. The molecular formula is C20H24N2O4S. The maximum atomic E-state index is 12.5. The molecule has 0 saturated carbocycles. The van der Waals surface area contributed by atoms with Crippen molar-refractivity contribution in [2.24, 2.45) is 0 Å². The average molecular weight is 388 g/mol. The van der Waals surface area contributed by atoms with Crippen LogP contribution in [0.5, 0.6) is 5.75 Å². The van der Waals surface area contributed by atoms with Crippen LogP contribution < -0.4 is 4.74 Å². The summed E-state index contributed by atoms with van der Waals surface area (Å²) in [7, 11) is -2.87. The third kappa shape index (κ3) is 4.25. The quantitative estimate of drug-likeness (QED) is 0.795. The maximum Gasteiger partial charge on any atom is 0.260 e. The molecule has 0 unspecified atom stereocenters. The van der Waals surface area contributed by atoms with E-state index in [0.29, 0.717) is 25.3 Å². The van der Waals surface area contributed by atoms with Crippen molar-refractivity contribution < 1.29 is 17.9 Å². The summed E-state index contributed by atoms with van der Waals surface area (Å²) in [6.07, 6.45) is 0.710. The van der Waals surface area contributed by atoms with Gasteiger partial charge in [0.25, 0.3) is 5.91 Å². The average Bonchev–Trinajstić information content (AvgIpc) is 3.06. The zero-order valence-corrected chi connectivity index (χ0v) is 16.0. The fourth-order valence-corrected chi connectivity index (χ4v) is 5.65. The van der Waals surface area contributed by atoms with Gasteiger partial charge in [0.05, 0.1) is 11.5 Å². The molecule has 2 aliphatic rings. The van der Waals surface area contributed by atoms with E-state index in [-0.39, 0.29) is 30.1 Å². The van der Waals surface area contributed by atoms with Crippen LogP contribution in [0.4, 0.5) is 0 Å². The Morgan fingerprint density at radius 3 is 2.48 bits per heavy atom. The summed E-state index contributed by atoms with van der Waals surface area (Å²) in [4.78, 5) is 16.5. The molecule has 2 aromatic carbocycles. The highest BCUT2D eigenvalue weighted by Crippen LogP contribution is 2.21. The third-order valence-corrected chi connectivity index (χ3v) is 7.23. The zero-order valence-electron chi connectivity index (χ0n) is 15.2. The van der Waals surface area contributed by atoms with Gasteiger partial charge in [0, 0.05) is 32.2 Å². The first-order valence-corrected chi connectivity index (χ1v) is 11.2. The van der Waals surface area contributed by atoms with E-state index in [1.165, 1.54) is 0 Å². The van der Waals surface area contributed by atoms with Crippen LogP contribution in [0.3, 0.4) is 0 Å². The van der Waals surface area contributed by atoms with Crippen LogP contribution in [0.25, 0.3) is 10.8 Å². The SMILES string of the molecule is O=C(COc1ccc2ccccc2c1)N1CCN([C@@H]2CCS(=O)(=O)C2)CC1. The second kappa shape index (κ2) is 7.48. The van der Waals surface area contributed by atoms with Crippen LogP contribution in [-0.4, -0.2) is 74.5 Å². The van der Waals surface area contributed by atoms with Gasteiger partial charge >= 0.3 is 0 Å². The molecule has 6 nitrogen and oxygen atoms in total. The van der Waals surface area contributed by atoms with Gasteiger partial charge in [0.2, 0.25) is 0 Å². The van der Waals surface area contributed by atoms with Crippen molar-refractivity contribution in [2.75, 3.05) is 44.3 Å². The minimum Gasteiger partial charge on any atom is -0.484 e. The van der Waals surface area contributed by atoms with E-state index in [9.17, 15) is 13.2 Å². The van der Waals surface area contributed by atoms with Gasteiger partial charge in [-0.15, -0.1) is 0 Å². The predicted octanol–water partition coefficient (Wildman–Crippen LogP) is 1.55. The van der Waals surface area contributed by atoms with Crippen molar-refractivity contribution in [2.45, 2.75) is 12.5 Å². The van der Waals surface area contributed by atoms with Crippen LogP contribution in [-0.2, 0) is 14.6 Å². The molecule has 2 fully saturated rings. The van der Waals surface area contributed by atoms with E-state index >= 15 is 0 Å². The number of rotatable bonds is 4. The third-order valence-electron chi connectivity index (χ3n) is 5.48. The summed E-state index contributed by atoms with van der Waals surface area (Å²) in [5.74, 6) is 1.21. The smallest absolute Gasteiger partial charge is 0.260 e. The fraction of sp³-hybridized carbons (Fsp3) is 0.450. The number of hydrogen-bond donors (Lipinski definition) is 0. The van der Waals surface area contributed by atoms with Gasteiger partial charge in [0.15, 0.2) is 16.4 Å². The van der Waals surface area contributed by atoms with Crippen LogP contribution >= 0.6 is 0 Å². The lowest BCUT2D eigenvalue weighted by Crippen LogP contribution is -2.53. The van der Waals surface area contributed by atoms with Gasteiger partial charge in [-0.25, -0.2) is 8.42 Å². The molecule has 144 valence electrons. The number of piperazine rings is 1. The van der Waals surface area contributed by atoms with Crippen molar-refractivity contribution >= 4 is 26.5 Å². The highest BCUT2D eigenvalue weighted by Gasteiger charge is 2.34. The Bertz CT molecular complexity index is 936. The molecule has 4 rings (SSSR count). The molecule has 2 heterocycles. The normalized spacial score (nSPS) is 22.8. The lowest BCUT2D eigenvalue weighted by Gasteiger charge is -2.37. The van der Waals surface area contributed by atoms with Gasteiger partial charge in [0.1, 0.15) is 5.75 Å². The first-order chi connectivity index (χ1) is 13.0. The molecular weight excluding hydrogens is 364 g/mol. The Morgan fingerprint density at radius 1 is 1.04 bits per heavy atom. The molecule has 0 N–H and O–H groups in total. The van der Waals surface area contributed by atoms with Crippen LogP contribution in [0.15, 0.2) is 42.5 Å². The predicted molar refractivity (Wildman–Crippen MR) is 105 cm³/mol. The highest BCUT2D eigenvalue weighted by molar-refractivity contribution is 7.91. The van der Waals surface area contributed by atoms with Crippen LogP contribution in [0.2, 0.25) is 0 Å². The van der Waals surface area contributed by atoms with Gasteiger partial charge in [-0.05, 0) is 29.3 Å². The Kier molecular flexibility index (Phi) is 5.06. The van der Waals surface area contributed by atoms with Crippen molar-refractivity contribution in [3.8, 4) is 5.75 Å². The van der Waals surface area contributed by atoms with Gasteiger partial charge in [-0.1, -0.05) is 30.3 Å². The van der Waals surface area contributed by atoms with Crippen molar-refractivity contribution in [3.05, 3.63) is 42.5 Å². The summed E-state index contributed by atoms with van der Waals surface area (Å²) in [6.45, 7) is 2.72. The molecule has 0 bridgehead atoms. The van der Waals surface area contributed by atoms with Gasteiger partial charge in [-0.3, -0.25) is 9.69 Å². The molecule has 0 spiro atoms. The number of amides is 1. The summed E-state index contributed by atoms with van der Waals surface area (Å²) >= 11 is 0. The summed E-state index contributed by atoms with van der Waals surface area (Å²) < 4.78 is 29.0. The second-order valence-corrected chi connectivity index (χ2v) is 9.50. The van der Waals surface area contributed by atoms with Gasteiger partial charge < -0.3 is 9.64 Å². The molecule has 2 aromatic rings. The molecule has 0 aliphatic carbocycles. The number of ether oxygens (including phenoxy) is 1. The Labute approximate surface area is 159 Å². The summed E-state index contributed by atoms with van der Waals surface area (Å²) in [6, 6.07) is 14.0. The Balaban J connectivity index is 1.28. The number of nitrogens with zero attached hydrogens (tertiary/aromatic N) is 2.